The molecule has 4 nitrogen and oxygen atoms in total. The Kier molecular flexibility index (Phi) is 4.22. The Morgan fingerprint density at radius 1 is 1.35 bits per heavy atom. The SMILES string of the molecule is Cc1cc(C)c(CNC2CC2)c(OCC2CCCO2)n1. The largest absolute Gasteiger partial charge is 0.475 e. The highest BCUT2D eigenvalue weighted by Crippen LogP contribution is 2.25. The molecule has 0 bridgehead atoms. The number of aromatic nitrogens is 1. The van der Waals surface area contributed by atoms with Gasteiger partial charge in [0.05, 0.1) is 6.10 Å². The lowest BCUT2D eigenvalue weighted by molar-refractivity contribution is 0.0658. The van der Waals surface area contributed by atoms with E-state index >= 15 is 0 Å². The molecule has 1 unspecified atom stereocenters. The molecule has 0 radical (unpaired) electrons. The molecule has 1 saturated heterocycles. The molecule has 1 N–H and O–H groups in total. The van der Waals surface area contributed by atoms with Crippen molar-refractivity contribution in [1.29, 1.82) is 0 Å². The molecule has 2 aliphatic rings. The highest BCUT2D eigenvalue weighted by atomic mass is 16.5. The average Bonchev–Trinajstić information content (AvgIpc) is 3.09. The van der Waals surface area contributed by atoms with Gasteiger partial charge in [-0.1, -0.05) is 0 Å². The van der Waals surface area contributed by atoms with Gasteiger partial charge in [-0.15, -0.1) is 0 Å². The van der Waals surface area contributed by atoms with Crippen molar-refractivity contribution in [3.05, 3.63) is 22.9 Å². The zero-order valence-electron chi connectivity index (χ0n) is 12.4. The molecule has 1 aromatic rings. The average molecular weight is 276 g/mol. The van der Waals surface area contributed by atoms with Crippen LogP contribution in [0.4, 0.5) is 0 Å². The second-order valence-electron chi connectivity index (χ2n) is 5.97. The summed E-state index contributed by atoms with van der Waals surface area (Å²) in [6, 6.07) is 2.82. The molecule has 1 aliphatic heterocycles. The molecule has 3 rings (SSSR count). The van der Waals surface area contributed by atoms with Crippen molar-refractivity contribution < 1.29 is 9.47 Å². The first-order valence-electron chi connectivity index (χ1n) is 7.67. The van der Waals surface area contributed by atoms with Gasteiger partial charge in [0.2, 0.25) is 5.88 Å². The molecule has 0 spiro atoms. The second-order valence-corrected chi connectivity index (χ2v) is 5.97. The van der Waals surface area contributed by atoms with Gasteiger partial charge in [-0.2, -0.15) is 0 Å². The van der Waals surface area contributed by atoms with Crippen LogP contribution in [0.15, 0.2) is 6.07 Å². The Bertz CT molecular complexity index is 466. The first-order chi connectivity index (χ1) is 9.72. The minimum Gasteiger partial charge on any atom is -0.475 e. The van der Waals surface area contributed by atoms with E-state index in [9.17, 15) is 0 Å². The summed E-state index contributed by atoms with van der Waals surface area (Å²) in [5.41, 5.74) is 3.47. The highest BCUT2D eigenvalue weighted by Gasteiger charge is 2.22. The zero-order valence-corrected chi connectivity index (χ0v) is 12.4. The molecule has 20 heavy (non-hydrogen) atoms. The quantitative estimate of drug-likeness (QED) is 0.867. The third-order valence-electron chi connectivity index (χ3n) is 4.01. The summed E-state index contributed by atoms with van der Waals surface area (Å²) in [5.74, 6) is 0.783. The monoisotopic (exact) mass is 276 g/mol. The van der Waals surface area contributed by atoms with Gasteiger partial charge in [0.1, 0.15) is 6.61 Å². The standard InChI is InChI=1S/C16H24N2O2/c1-11-8-12(2)18-16(15(11)9-17-13-5-6-13)20-10-14-4-3-7-19-14/h8,13-14,17H,3-7,9-10H2,1-2H3. The van der Waals surface area contributed by atoms with Crippen molar-refractivity contribution in [1.82, 2.24) is 10.3 Å². The molecule has 4 heteroatoms. The van der Waals surface area contributed by atoms with Crippen LogP contribution >= 0.6 is 0 Å². The molecular formula is C16H24N2O2. The van der Waals surface area contributed by atoms with Gasteiger partial charge in [0.25, 0.3) is 0 Å². The Balaban J connectivity index is 1.68. The maximum Gasteiger partial charge on any atom is 0.218 e. The highest BCUT2D eigenvalue weighted by molar-refractivity contribution is 5.36. The van der Waals surface area contributed by atoms with E-state index < -0.39 is 0 Å². The smallest absolute Gasteiger partial charge is 0.218 e. The third kappa shape index (κ3) is 3.49. The molecule has 0 amide bonds. The number of pyridine rings is 1. The number of rotatable bonds is 6. The van der Waals surface area contributed by atoms with Crippen LogP contribution in [0.2, 0.25) is 0 Å². The first-order valence-corrected chi connectivity index (χ1v) is 7.67. The van der Waals surface area contributed by atoms with Gasteiger partial charge in [0, 0.05) is 30.5 Å². The van der Waals surface area contributed by atoms with E-state index in [-0.39, 0.29) is 6.10 Å². The summed E-state index contributed by atoms with van der Waals surface area (Å²) in [5, 5.41) is 3.55. The van der Waals surface area contributed by atoms with Gasteiger partial charge in [-0.3, -0.25) is 0 Å². The minimum absolute atomic E-state index is 0.238. The van der Waals surface area contributed by atoms with Gasteiger partial charge < -0.3 is 14.8 Å². The summed E-state index contributed by atoms with van der Waals surface area (Å²) < 4.78 is 11.6. The van der Waals surface area contributed by atoms with Crippen LogP contribution in [-0.4, -0.2) is 30.3 Å². The summed E-state index contributed by atoms with van der Waals surface area (Å²) >= 11 is 0. The summed E-state index contributed by atoms with van der Waals surface area (Å²) in [6.45, 7) is 6.49. The van der Waals surface area contributed by atoms with E-state index in [0.29, 0.717) is 12.6 Å². The maximum atomic E-state index is 5.96. The fraction of sp³-hybridized carbons (Fsp3) is 0.688. The van der Waals surface area contributed by atoms with E-state index in [1.54, 1.807) is 0 Å². The normalized spacial score (nSPS) is 22.2. The summed E-state index contributed by atoms with van der Waals surface area (Å²) in [7, 11) is 0. The molecule has 110 valence electrons. The van der Waals surface area contributed by atoms with Crippen molar-refractivity contribution in [2.24, 2.45) is 0 Å². The Labute approximate surface area is 120 Å². The lowest BCUT2D eigenvalue weighted by atomic mass is 10.1. The van der Waals surface area contributed by atoms with E-state index in [1.165, 1.54) is 24.0 Å². The van der Waals surface area contributed by atoms with Crippen LogP contribution in [0.3, 0.4) is 0 Å². The number of nitrogens with one attached hydrogen (secondary N) is 1. The first kappa shape index (κ1) is 13.8. The van der Waals surface area contributed by atoms with Gasteiger partial charge in [-0.25, -0.2) is 4.98 Å². The number of ether oxygens (including phenoxy) is 2. The predicted molar refractivity (Wildman–Crippen MR) is 78.0 cm³/mol. The van der Waals surface area contributed by atoms with Crippen LogP contribution in [-0.2, 0) is 11.3 Å². The summed E-state index contributed by atoms with van der Waals surface area (Å²) in [6.07, 6.45) is 5.07. The molecular weight excluding hydrogens is 252 g/mol. The van der Waals surface area contributed by atoms with Crippen molar-refractivity contribution in [3.8, 4) is 5.88 Å². The molecule has 2 heterocycles. The number of nitrogens with zero attached hydrogens (tertiary/aromatic N) is 1. The van der Waals surface area contributed by atoms with E-state index in [4.69, 9.17) is 9.47 Å². The van der Waals surface area contributed by atoms with Crippen LogP contribution < -0.4 is 10.1 Å². The lowest BCUT2D eigenvalue weighted by Crippen LogP contribution is -2.21. The zero-order chi connectivity index (χ0) is 13.9. The Hall–Kier alpha value is -1.13. The molecule has 1 aliphatic carbocycles. The Morgan fingerprint density at radius 2 is 2.20 bits per heavy atom. The van der Waals surface area contributed by atoms with E-state index in [1.807, 2.05) is 6.92 Å². The molecule has 1 aromatic heterocycles. The van der Waals surface area contributed by atoms with Crippen molar-refractivity contribution in [2.45, 2.75) is 58.2 Å². The van der Waals surface area contributed by atoms with Crippen LogP contribution in [0.1, 0.15) is 42.5 Å². The maximum absolute atomic E-state index is 5.96. The van der Waals surface area contributed by atoms with Gasteiger partial charge >= 0.3 is 0 Å². The fourth-order valence-corrected chi connectivity index (χ4v) is 2.64. The van der Waals surface area contributed by atoms with Crippen molar-refractivity contribution >= 4 is 0 Å². The van der Waals surface area contributed by atoms with Gasteiger partial charge in [-0.05, 0) is 51.2 Å². The third-order valence-corrected chi connectivity index (χ3v) is 4.01. The van der Waals surface area contributed by atoms with Gasteiger partial charge in [0.15, 0.2) is 0 Å². The number of aryl methyl sites for hydroxylation is 2. The second kappa shape index (κ2) is 6.10. The fourth-order valence-electron chi connectivity index (χ4n) is 2.64. The van der Waals surface area contributed by atoms with Crippen LogP contribution in [0.25, 0.3) is 0 Å². The topological polar surface area (TPSA) is 43.4 Å². The predicted octanol–water partition coefficient (Wildman–Crippen LogP) is 2.51. The molecule has 1 atom stereocenters. The number of hydrogen-bond donors (Lipinski definition) is 1. The van der Waals surface area contributed by atoms with E-state index in [0.717, 1.165) is 37.6 Å². The van der Waals surface area contributed by atoms with Crippen molar-refractivity contribution in [2.75, 3.05) is 13.2 Å². The Morgan fingerprint density at radius 3 is 2.90 bits per heavy atom. The lowest BCUT2D eigenvalue weighted by Gasteiger charge is -2.16. The molecule has 1 saturated carbocycles. The van der Waals surface area contributed by atoms with Crippen LogP contribution in [0, 0.1) is 13.8 Å². The molecule has 0 aromatic carbocycles. The number of hydrogen-bond acceptors (Lipinski definition) is 4. The van der Waals surface area contributed by atoms with Crippen LogP contribution in [0.5, 0.6) is 5.88 Å². The van der Waals surface area contributed by atoms with E-state index in [2.05, 4.69) is 23.3 Å². The van der Waals surface area contributed by atoms with Crippen molar-refractivity contribution in [3.63, 3.8) is 0 Å². The minimum atomic E-state index is 0.238. The summed E-state index contributed by atoms with van der Waals surface area (Å²) in [4.78, 5) is 4.58. The molecule has 2 fully saturated rings.